The van der Waals surface area contributed by atoms with E-state index in [0.29, 0.717) is 17.4 Å². The SMILES string of the molecule is COC(=O)Cc1cc(Cl)cc(OCc2ccccc2)c1SCc1ccccc1. The molecule has 3 aromatic carbocycles. The minimum Gasteiger partial charge on any atom is -0.488 e. The summed E-state index contributed by atoms with van der Waals surface area (Å²) >= 11 is 7.94. The number of carbonyl (C=O) groups is 1. The quantitative estimate of drug-likeness (QED) is 0.339. The fourth-order valence-corrected chi connectivity index (χ4v) is 4.03. The molecule has 0 aliphatic carbocycles. The highest BCUT2D eigenvalue weighted by molar-refractivity contribution is 7.98. The first-order valence-electron chi connectivity index (χ1n) is 8.88. The van der Waals surface area contributed by atoms with Crippen molar-refractivity contribution in [2.24, 2.45) is 0 Å². The zero-order valence-electron chi connectivity index (χ0n) is 15.6. The van der Waals surface area contributed by atoms with Gasteiger partial charge in [0.15, 0.2) is 0 Å². The van der Waals surface area contributed by atoms with Crippen LogP contribution in [0.5, 0.6) is 5.75 Å². The van der Waals surface area contributed by atoms with E-state index in [0.717, 1.165) is 21.8 Å². The molecule has 0 spiro atoms. The average molecular weight is 413 g/mol. The molecule has 3 nitrogen and oxygen atoms in total. The fraction of sp³-hybridized carbons (Fsp3) is 0.174. The number of hydrogen-bond acceptors (Lipinski definition) is 4. The van der Waals surface area contributed by atoms with Gasteiger partial charge in [-0.1, -0.05) is 72.3 Å². The normalized spacial score (nSPS) is 10.5. The Balaban J connectivity index is 1.87. The number of esters is 1. The van der Waals surface area contributed by atoms with E-state index in [9.17, 15) is 4.79 Å². The molecule has 0 amide bonds. The van der Waals surface area contributed by atoms with Crippen LogP contribution in [0.4, 0.5) is 0 Å². The van der Waals surface area contributed by atoms with Crippen LogP contribution in [0.3, 0.4) is 0 Å². The van der Waals surface area contributed by atoms with Crippen molar-refractivity contribution in [3.8, 4) is 5.75 Å². The lowest BCUT2D eigenvalue weighted by molar-refractivity contribution is -0.139. The molecule has 144 valence electrons. The summed E-state index contributed by atoms with van der Waals surface area (Å²) in [5.74, 6) is 1.13. The van der Waals surface area contributed by atoms with Gasteiger partial charge in [0.1, 0.15) is 12.4 Å². The number of rotatable bonds is 8. The van der Waals surface area contributed by atoms with E-state index < -0.39 is 0 Å². The van der Waals surface area contributed by atoms with Gasteiger partial charge < -0.3 is 9.47 Å². The number of hydrogen-bond donors (Lipinski definition) is 0. The highest BCUT2D eigenvalue weighted by Gasteiger charge is 2.16. The van der Waals surface area contributed by atoms with Gasteiger partial charge in [-0.25, -0.2) is 0 Å². The van der Waals surface area contributed by atoms with Crippen molar-refractivity contribution in [1.29, 1.82) is 0 Å². The highest BCUT2D eigenvalue weighted by Crippen LogP contribution is 2.38. The zero-order valence-corrected chi connectivity index (χ0v) is 17.1. The molecule has 5 heteroatoms. The van der Waals surface area contributed by atoms with E-state index in [-0.39, 0.29) is 12.4 Å². The lowest BCUT2D eigenvalue weighted by Gasteiger charge is -2.16. The Labute approximate surface area is 174 Å². The van der Waals surface area contributed by atoms with Crippen molar-refractivity contribution in [3.05, 3.63) is 94.5 Å². The first kappa shape index (κ1) is 20.3. The molecule has 0 N–H and O–H groups in total. The molecule has 0 aromatic heterocycles. The van der Waals surface area contributed by atoms with Crippen LogP contribution >= 0.6 is 23.4 Å². The van der Waals surface area contributed by atoms with Crippen LogP contribution in [0, 0.1) is 0 Å². The van der Waals surface area contributed by atoms with Crippen LogP contribution in [0.1, 0.15) is 16.7 Å². The third-order valence-electron chi connectivity index (χ3n) is 4.12. The second kappa shape index (κ2) is 10.2. The monoisotopic (exact) mass is 412 g/mol. The van der Waals surface area contributed by atoms with Crippen molar-refractivity contribution in [1.82, 2.24) is 0 Å². The Kier molecular flexibility index (Phi) is 7.40. The number of thioether (sulfide) groups is 1. The smallest absolute Gasteiger partial charge is 0.310 e. The highest BCUT2D eigenvalue weighted by atomic mass is 35.5. The molecule has 0 fully saturated rings. The molecule has 0 radical (unpaired) electrons. The number of carbonyl (C=O) groups excluding carboxylic acids is 1. The molecule has 0 aliphatic heterocycles. The Hall–Kier alpha value is -2.43. The summed E-state index contributed by atoms with van der Waals surface area (Å²) in [4.78, 5) is 12.8. The van der Waals surface area contributed by atoms with Crippen molar-refractivity contribution >= 4 is 29.3 Å². The maximum absolute atomic E-state index is 11.9. The maximum Gasteiger partial charge on any atom is 0.310 e. The Morgan fingerprint density at radius 3 is 2.25 bits per heavy atom. The third kappa shape index (κ3) is 5.78. The van der Waals surface area contributed by atoms with Gasteiger partial charge in [0.25, 0.3) is 0 Å². The van der Waals surface area contributed by atoms with Crippen LogP contribution < -0.4 is 4.74 Å². The number of halogens is 1. The Bertz CT molecular complexity index is 914. The van der Waals surface area contributed by atoms with E-state index in [2.05, 4.69) is 12.1 Å². The predicted octanol–water partition coefficient (Wildman–Crippen LogP) is 5.93. The van der Waals surface area contributed by atoms with Crippen LogP contribution in [0.2, 0.25) is 5.02 Å². The molecule has 0 unspecified atom stereocenters. The van der Waals surface area contributed by atoms with Gasteiger partial charge in [0, 0.05) is 10.8 Å². The topological polar surface area (TPSA) is 35.5 Å². The van der Waals surface area contributed by atoms with Gasteiger partial charge >= 0.3 is 5.97 Å². The summed E-state index contributed by atoms with van der Waals surface area (Å²) in [6, 6.07) is 23.7. The molecule has 3 rings (SSSR count). The zero-order chi connectivity index (χ0) is 19.8. The molecule has 3 aromatic rings. The lowest BCUT2D eigenvalue weighted by Crippen LogP contribution is -2.07. The molecular formula is C23H21ClO3S. The number of ether oxygens (including phenoxy) is 2. The summed E-state index contributed by atoms with van der Waals surface area (Å²) in [5.41, 5.74) is 3.07. The number of benzene rings is 3. The van der Waals surface area contributed by atoms with Crippen molar-refractivity contribution < 1.29 is 14.3 Å². The summed E-state index contributed by atoms with van der Waals surface area (Å²) in [6.07, 6.45) is 0.149. The molecule has 0 saturated carbocycles. The van der Waals surface area contributed by atoms with Crippen LogP contribution in [-0.4, -0.2) is 13.1 Å². The van der Waals surface area contributed by atoms with Gasteiger partial charge in [-0.2, -0.15) is 0 Å². The standard InChI is InChI=1S/C23H21ClO3S/c1-26-22(25)13-19-12-20(24)14-21(27-15-17-8-4-2-5-9-17)23(19)28-16-18-10-6-3-7-11-18/h2-12,14H,13,15-16H2,1H3. The van der Waals surface area contributed by atoms with E-state index >= 15 is 0 Å². The summed E-state index contributed by atoms with van der Waals surface area (Å²) in [7, 11) is 1.39. The summed E-state index contributed by atoms with van der Waals surface area (Å²) in [5, 5.41) is 0.533. The average Bonchev–Trinajstić information content (AvgIpc) is 2.72. The Morgan fingerprint density at radius 1 is 0.964 bits per heavy atom. The van der Waals surface area contributed by atoms with E-state index in [1.165, 1.54) is 12.7 Å². The van der Waals surface area contributed by atoms with Crippen LogP contribution in [0.25, 0.3) is 0 Å². The first-order valence-corrected chi connectivity index (χ1v) is 10.2. The van der Waals surface area contributed by atoms with Crippen molar-refractivity contribution in [2.45, 2.75) is 23.7 Å². The van der Waals surface area contributed by atoms with Gasteiger partial charge in [-0.3, -0.25) is 4.79 Å². The van der Waals surface area contributed by atoms with Gasteiger partial charge in [0.2, 0.25) is 0 Å². The van der Waals surface area contributed by atoms with Crippen molar-refractivity contribution in [3.63, 3.8) is 0 Å². The number of methoxy groups -OCH3 is 1. The van der Waals surface area contributed by atoms with E-state index in [1.54, 1.807) is 23.9 Å². The molecule has 0 heterocycles. The van der Waals surface area contributed by atoms with Gasteiger partial charge in [0.05, 0.1) is 18.4 Å². The summed E-state index contributed by atoms with van der Waals surface area (Å²) in [6.45, 7) is 0.428. The lowest BCUT2D eigenvalue weighted by atomic mass is 10.1. The summed E-state index contributed by atoms with van der Waals surface area (Å²) < 4.78 is 10.9. The second-order valence-corrected chi connectivity index (χ2v) is 7.62. The molecule has 0 saturated heterocycles. The van der Waals surface area contributed by atoms with Gasteiger partial charge in [-0.15, -0.1) is 11.8 Å². The van der Waals surface area contributed by atoms with E-state index in [4.69, 9.17) is 21.1 Å². The minimum absolute atomic E-state index is 0.149. The molecule has 0 bridgehead atoms. The predicted molar refractivity (Wildman–Crippen MR) is 114 cm³/mol. The van der Waals surface area contributed by atoms with Crippen molar-refractivity contribution in [2.75, 3.05) is 7.11 Å². The maximum atomic E-state index is 11.9. The molecular weight excluding hydrogens is 392 g/mol. The Morgan fingerprint density at radius 2 is 1.61 bits per heavy atom. The fourth-order valence-electron chi connectivity index (χ4n) is 2.72. The minimum atomic E-state index is -0.308. The third-order valence-corrected chi connectivity index (χ3v) is 5.57. The van der Waals surface area contributed by atoms with E-state index in [1.807, 2.05) is 48.5 Å². The largest absolute Gasteiger partial charge is 0.488 e. The van der Waals surface area contributed by atoms with Crippen LogP contribution in [0.15, 0.2) is 77.7 Å². The van der Waals surface area contributed by atoms with Gasteiger partial charge in [-0.05, 0) is 28.8 Å². The second-order valence-electron chi connectivity index (χ2n) is 6.19. The first-order chi connectivity index (χ1) is 13.7. The molecule has 0 atom stereocenters. The molecule has 28 heavy (non-hydrogen) atoms. The molecule has 0 aliphatic rings. The van der Waals surface area contributed by atoms with Crippen LogP contribution in [-0.2, 0) is 28.3 Å².